The fourth-order valence-corrected chi connectivity index (χ4v) is 4.48. The van der Waals surface area contributed by atoms with Crippen LogP contribution in [0.15, 0.2) is 11.0 Å². The van der Waals surface area contributed by atoms with Crippen LogP contribution in [0.4, 0.5) is 5.69 Å². The molecule has 1 aromatic carbocycles. The fourth-order valence-electron chi connectivity index (χ4n) is 2.76. The maximum Gasteiger partial charge on any atom is 0.243 e. The number of rotatable bonds is 4. The molecule has 0 amide bonds. The summed E-state index contributed by atoms with van der Waals surface area (Å²) in [5.41, 5.74) is 8.74. The Balaban J connectivity index is 2.39. The lowest BCUT2D eigenvalue weighted by molar-refractivity contribution is 0.0978. The smallest absolute Gasteiger partial charge is 0.243 e. The normalized spacial score (nSPS) is 19.4. The van der Waals surface area contributed by atoms with Crippen molar-refractivity contribution in [3.8, 4) is 0 Å². The number of benzene rings is 1. The Bertz CT molecular complexity index is 609. The van der Waals surface area contributed by atoms with Crippen molar-refractivity contribution in [2.24, 2.45) is 0 Å². The predicted octanol–water partition coefficient (Wildman–Crippen LogP) is 1.99. The van der Waals surface area contributed by atoms with E-state index in [2.05, 4.69) is 0 Å². The van der Waals surface area contributed by atoms with Gasteiger partial charge in [-0.1, -0.05) is 0 Å². The molecule has 2 rings (SSSR count). The second kappa shape index (κ2) is 5.94. The minimum absolute atomic E-state index is 0.00690. The molecule has 0 spiro atoms. The summed E-state index contributed by atoms with van der Waals surface area (Å²) in [5, 5.41) is 0. The second-order valence-electron chi connectivity index (χ2n) is 5.78. The average molecular weight is 312 g/mol. The van der Waals surface area contributed by atoms with Gasteiger partial charge in [0.1, 0.15) is 0 Å². The first-order chi connectivity index (χ1) is 9.75. The molecule has 1 aliphatic heterocycles. The number of sulfonamides is 1. The van der Waals surface area contributed by atoms with E-state index in [1.54, 1.807) is 14.0 Å². The Kier molecular flexibility index (Phi) is 4.60. The summed E-state index contributed by atoms with van der Waals surface area (Å²) in [7, 11) is -1.95. The third-order valence-electron chi connectivity index (χ3n) is 4.23. The molecule has 1 aromatic rings. The zero-order valence-corrected chi connectivity index (χ0v) is 14.0. The number of nitrogens with zero attached hydrogens (tertiary/aromatic N) is 1. The van der Waals surface area contributed by atoms with Gasteiger partial charge >= 0.3 is 0 Å². The molecule has 6 heteroatoms. The maximum absolute atomic E-state index is 12.9. The predicted molar refractivity (Wildman–Crippen MR) is 83.9 cm³/mol. The van der Waals surface area contributed by atoms with E-state index in [0.717, 1.165) is 24.0 Å². The number of aryl methyl sites for hydroxylation is 1. The molecule has 21 heavy (non-hydrogen) atoms. The van der Waals surface area contributed by atoms with Gasteiger partial charge in [0, 0.05) is 25.9 Å². The Labute approximate surface area is 127 Å². The van der Waals surface area contributed by atoms with E-state index in [1.165, 1.54) is 4.31 Å². The Hall–Kier alpha value is -1.11. The molecular formula is C15H24N2O3S. The summed E-state index contributed by atoms with van der Waals surface area (Å²) in [6.07, 6.45) is 1.90. The molecule has 0 bridgehead atoms. The molecule has 2 N–H and O–H groups in total. The molecule has 5 nitrogen and oxygen atoms in total. The Morgan fingerprint density at radius 2 is 2.00 bits per heavy atom. The van der Waals surface area contributed by atoms with Crippen LogP contribution in [0.25, 0.3) is 0 Å². The quantitative estimate of drug-likeness (QED) is 0.863. The summed E-state index contributed by atoms with van der Waals surface area (Å²) < 4.78 is 32.7. The minimum Gasteiger partial charge on any atom is -0.398 e. The lowest BCUT2D eigenvalue weighted by Crippen LogP contribution is -2.35. The highest BCUT2D eigenvalue weighted by molar-refractivity contribution is 7.89. The van der Waals surface area contributed by atoms with Crippen LogP contribution in [-0.2, 0) is 14.8 Å². The zero-order valence-electron chi connectivity index (χ0n) is 13.1. The monoisotopic (exact) mass is 312 g/mol. The van der Waals surface area contributed by atoms with E-state index in [4.69, 9.17) is 10.5 Å². The number of anilines is 1. The van der Waals surface area contributed by atoms with E-state index in [9.17, 15) is 8.42 Å². The Morgan fingerprint density at radius 1 is 1.33 bits per heavy atom. The van der Waals surface area contributed by atoms with Crippen molar-refractivity contribution in [2.75, 3.05) is 25.9 Å². The van der Waals surface area contributed by atoms with Crippen LogP contribution >= 0.6 is 0 Å². The SMILES string of the molecule is Cc1cc(N)c(C)c(S(=O)(=O)N(C)CC2CCCO2)c1C. The molecule has 1 aliphatic rings. The van der Waals surface area contributed by atoms with E-state index in [-0.39, 0.29) is 6.10 Å². The van der Waals surface area contributed by atoms with Gasteiger partial charge in [0.15, 0.2) is 0 Å². The van der Waals surface area contributed by atoms with Gasteiger partial charge in [-0.2, -0.15) is 4.31 Å². The number of nitrogens with two attached hydrogens (primary N) is 1. The van der Waals surface area contributed by atoms with Gasteiger partial charge in [0.25, 0.3) is 0 Å². The van der Waals surface area contributed by atoms with Crippen LogP contribution in [0.2, 0.25) is 0 Å². The van der Waals surface area contributed by atoms with Crippen molar-refractivity contribution in [1.82, 2.24) is 4.31 Å². The maximum atomic E-state index is 12.9. The van der Waals surface area contributed by atoms with Gasteiger partial charge in [-0.15, -0.1) is 0 Å². The van der Waals surface area contributed by atoms with Crippen molar-refractivity contribution in [3.05, 3.63) is 22.8 Å². The van der Waals surface area contributed by atoms with E-state index in [0.29, 0.717) is 29.3 Å². The highest BCUT2D eigenvalue weighted by Gasteiger charge is 2.29. The van der Waals surface area contributed by atoms with E-state index >= 15 is 0 Å². The van der Waals surface area contributed by atoms with Crippen LogP contribution < -0.4 is 5.73 Å². The highest BCUT2D eigenvalue weighted by atomic mass is 32.2. The number of hydrogen-bond acceptors (Lipinski definition) is 4. The first-order valence-electron chi connectivity index (χ1n) is 7.19. The molecule has 0 radical (unpaired) electrons. The van der Waals surface area contributed by atoms with Crippen molar-refractivity contribution in [3.63, 3.8) is 0 Å². The largest absolute Gasteiger partial charge is 0.398 e. The molecule has 0 saturated carbocycles. The summed E-state index contributed by atoms with van der Waals surface area (Å²) in [5.74, 6) is 0. The molecule has 1 heterocycles. The third-order valence-corrected chi connectivity index (χ3v) is 6.33. The highest BCUT2D eigenvalue weighted by Crippen LogP contribution is 2.30. The van der Waals surface area contributed by atoms with Crippen LogP contribution in [0, 0.1) is 20.8 Å². The van der Waals surface area contributed by atoms with Gasteiger partial charge in [-0.05, 0) is 56.4 Å². The third kappa shape index (κ3) is 3.07. The molecule has 1 unspecified atom stereocenters. The second-order valence-corrected chi connectivity index (χ2v) is 7.76. The molecule has 0 aromatic heterocycles. The van der Waals surface area contributed by atoms with Crippen molar-refractivity contribution in [2.45, 2.75) is 44.6 Å². The van der Waals surface area contributed by atoms with Gasteiger partial charge in [-0.3, -0.25) is 0 Å². The number of nitrogen functional groups attached to an aromatic ring is 1. The molecule has 1 atom stereocenters. The minimum atomic E-state index is -3.56. The topological polar surface area (TPSA) is 72.6 Å². The number of likely N-dealkylation sites (N-methyl/N-ethyl adjacent to an activating group) is 1. The number of ether oxygens (including phenoxy) is 1. The van der Waals surface area contributed by atoms with Gasteiger partial charge < -0.3 is 10.5 Å². The molecule has 0 aliphatic carbocycles. The van der Waals surface area contributed by atoms with Crippen LogP contribution in [0.1, 0.15) is 29.5 Å². The lowest BCUT2D eigenvalue weighted by Gasteiger charge is -2.23. The number of hydrogen-bond donors (Lipinski definition) is 1. The molecule has 118 valence electrons. The van der Waals surface area contributed by atoms with Crippen molar-refractivity contribution in [1.29, 1.82) is 0 Å². The van der Waals surface area contributed by atoms with Gasteiger partial charge in [0.2, 0.25) is 10.0 Å². The Morgan fingerprint density at radius 3 is 2.57 bits per heavy atom. The van der Waals surface area contributed by atoms with Gasteiger partial charge in [-0.25, -0.2) is 8.42 Å². The lowest BCUT2D eigenvalue weighted by atomic mass is 10.1. The molecular weight excluding hydrogens is 288 g/mol. The van der Waals surface area contributed by atoms with Crippen molar-refractivity contribution < 1.29 is 13.2 Å². The van der Waals surface area contributed by atoms with E-state index in [1.807, 2.05) is 19.9 Å². The van der Waals surface area contributed by atoms with Gasteiger partial charge in [0.05, 0.1) is 11.0 Å². The summed E-state index contributed by atoms with van der Waals surface area (Å²) in [4.78, 5) is 0.334. The summed E-state index contributed by atoms with van der Waals surface area (Å²) in [6.45, 7) is 6.57. The standard InChI is InChI=1S/C15H24N2O3S/c1-10-8-14(16)12(3)15(11(10)2)21(18,19)17(4)9-13-6-5-7-20-13/h8,13H,5-7,9,16H2,1-4H3. The van der Waals surface area contributed by atoms with Crippen molar-refractivity contribution >= 4 is 15.7 Å². The van der Waals surface area contributed by atoms with Crippen LogP contribution in [-0.4, -0.2) is 39.0 Å². The first kappa shape index (κ1) is 16.3. The summed E-state index contributed by atoms with van der Waals surface area (Å²) >= 11 is 0. The first-order valence-corrected chi connectivity index (χ1v) is 8.63. The molecule has 1 fully saturated rings. The van der Waals surface area contributed by atoms with Crippen LogP contribution in [0.5, 0.6) is 0 Å². The fraction of sp³-hybridized carbons (Fsp3) is 0.600. The molecule has 1 saturated heterocycles. The average Bonchev–Trinajstić information content (AvgIpc) is 2.89. The van der Waals surface area contributed by atoms with Crippen LogP contribution in [0.3, 0.4) is 0 Å². The summed E-state index contributed by atoms with van der Waals surface area (Å²) in [6, 6.07) is 1.82. The van der Waals surface area contributed by atoms with E-state index < -0.39 is 10.0 Å². The zero-order chi connectivity index (χ0) is 15.8.